The van der Waals surface area contributed by atoms with E-state index in [2.05, 4.69) is 20.7 Å². The number of hydrogen-bond donors (Lipinski definition) is 1. The molecule has 2 rings (SSSR count). The van der Waals surface area contributed by atoms with E-state index < -0.39 is 10.0 Å². The molecule has 0 radical (unpaired) electrons. The second kappa shape index (κ2) is 6.86. The molecule has 0 atom stereocenters. The van der Waals surface area contributed by atoms with Crippen LogP contribution < -0.4 is 4.72 Å². The smallest absolute Gasteiger partial charge is 0.211 e. The largest absolute Gasteiger partial charge is 0.240 e. The maximum Gasteiger partial charge on any atom is 0.240 e. The predicted molar refractivity (Wildman–Crippen MR) is 80.8 cm³/mol. The molecule has 1 aliphatic rings. The summed E-state index contributed by atoms with van der Waals surface area (Å²) in [4.78, 5) is 0.351. The second-order valence-corrected chi connectivity index (χ2v) is 7.44. The molecule has 1 aromatic carbocycles. The monoisotopic (exact) mass is 345 g/mol. The van der Waals surface area contributed by atoms with Gasteiger partial charge in [-0.25, -0.2) is 13.1 Å². The van der Waals surface area contributed by atoms with Crippen molar-refractivity contribution in [2.75, 3.05) is 6.54 Å². The number of halogens is 1. The van der Waals surface area contributed by atoms with Gasteiger partial charge in [0.25, 0.3) is 0 Å². The van der Waals surface area contributed by atoms with E-state index in [9.17, 15) is 8.42 Å². The Labute approximate surface area is 124 Å². The van der Waals surface area contributed by atoms with Crippen LogP contribution in [0.1, 0.15) is 37.7 Å². The van der Waals surface area contributed by atoms with Crippen molar-refractivity contribution >= 4 is 26.0 Å². The standard InChI is InChI=1S/C14H20BrNO2S/c15-11-13-5-7-14(8-6-13)19(17,18)16-10-9-12-3-1-2-4-12/h5-8,12,16H,1-4,9-11H2. The van der Waals surface area contributed by atoms with Gasteiger partial charge in [-0.05, 0) is 30.0 Å². The van der Waals surface area contributed by atoms with Crippen LogP contribution in [0.25, 0.3) is 0 Å². The zero-order valence-corrected chi connectivity index (χ0v) is 13.3. The Morgan fingerprint density at radius 1 is 1.16 bits per heavy atom. The first-order valence-corrected chi connectivity index (χ1v) is 9.37. The van der Waals surface area contributed by atoms with Gasteiger partial charge in [-0.3, -0.25) is 0 Å². The zero-order valence-electron chi connectivity index (χ0n) is 10.9. The molecule has 0 spiro atoms. The molecule has 0 aliphatic heterocycles. The van der Waals surface area contributed by atoms with Crippen LogP contribution in [0.15, 0.2) is 29.2 Å². The first kappa shape index (κ1) is 15.0. The van der Waals surface area contributed by atoms with Gasteiger partial charge in [0, 0.05) is 11.9 Å². The molecule has 1 fully saturated rings. The fourth-order valence-corrected chi connectivity index (χ4v) is 3.96. The van der Waals surface area contributed by atoms with Gasteiger partial charge in [0.2, 0.25) is 10.0 Å². The first-order chi connectivity index (χ1) is 9.12. The number of rotatable bonds is 6. The van der Waals surface area contributed by atoms with E-state index in [-0.39, 0.29) is 0 Å². The summed E-state index contributed by atoms with van der Waals surface area (Å²) in [5, 5.41) is 0.739. The summed E-state index contributed by atoms with van der Waals surface area (Å²) < 4.78 is 26.9. The van der Waals surface area contributed by atoms with E-state index in [0.29, 0.717) is 17.4 Å². The quantitative estimate of drug-likeness (QED) is 0.802. The number of sulfonamides is 1. The zero-order chi connectivity index (χ0) is 13.7. The Kier molecular flexibility index (Phi) is 5.42. The molecule has 19 heavy (non-hydrogen) atoms. The van der Waals surface area contributed by atoms with Crippen molar-refractivity contribution in [2.24, 2.45) is 5.92 Å². The first-order valence-electron chi connectivity index (χ1n) is 6.76. The van der Waals surface area contributed by atoms with Crippen molar-refractivity contribution in [1.29, 1.82) is 0 Å². The summed E-state index contributed by atoms with van der Waals surface area (Å²) in [6.07, 6.45) is 6.05. The van der Waals surface area contributed by atoms with E-state index in [4.69, 9.17) is 0 Å². The summed E-state index contributed by atoms with van der Waals surface area (Å²) in [6, 6.07) is 6.99. The van der Waals surface area contributed by atoms with Crippen LogP contribution >= 0.6 is 15.9 Å². The molecule has 0 amide bonds. The lowest BCUT2D eigenvalue weighted by molar-refractivity contribution is 0.495. The molecule has 0 aromatic heterocycles. The molecule has 1 aliphatic carbocycles. The molecule has 0 bridgehead atoms. The van der Waals surface area contributed by atoms with Gasteiger partial charge in [0.1, 0.15) is 0 Å². The maximum atomic E-state index is 12.1. The minimum atomic E-state index is -3.34. The number of hydrogen-bond acceptors (Lipinski definition) is 2. The van der Waals surface area contributed by atoms with Crippen molar-refractivity contribution in [3.05, 3.63) is 29.8 Å². The van der Waals surface area contributed by atoms with Gasteiger partial charge in [0.05, 0.1) is 4.90 Å². The lowest BCUT2D eigenvalue weighted by Gasteiger charge is -2.10. The Hall–Kier alpha value is -0.390. The third kappa shape index (κ3) is 4.29. The van der Waals surface area contributed by atoms with Crippen LogP contribution in [0.3, 0.4) is 0 Å². The maximum absolute atomic E-state index is 12.1. The summed E-state index contributed by atoms with van der Waals surface area (Å²) in [6.45, 7) is 0.549. The third-order valence-corrected chi connectivity index (χ3v) is 5.83. The van der Waals surface area contributed by atoms with Crippen LogP contribution in [-0.4, -0.2) is 15.0 Å². The van der Waals surface area contributed by atoms with Gasteiger partial charge in [0.15, 0.2) is 0 Å². The van der Waals surface area contributed by atoms with Crippen LogP contribution in [0, 0.1) is 5.92 Å². The molecule has 0 unspecified atom stereocenters. The lowest BCUT2D eigenvalue weighted by atomic mass is 10.1. The minimum absolute atomic E-state index is 0.351. The van der Waals surface area contributed by atoms with Gasteiger partial charge < -0.3 is 0 Å². The Morgan fingerprint density at radius 3 is 2.37 bits per heavy atom. The number of nitrogens with one attached hydrogen (secondary N) is 1. The van der Waals surface area contributed by atoms with Gasteiger partial charge in [-0.2, -0.15) is 0 Å². The molecule has 5 heteroatoms. The van der Waals surface area contributed by atoms with Gasteiger partial charge in [-0.15, -0.1) is 0 Å². The molecule has 0 saturated heterocycles. The van der Waals surface area contributed by atoms with Crippen molar-refractivity contribution in [3.63, 3.8) is 0 Å². The average molecular weight is 346 g/mol. The minimum Gasteiger partial charge on any atom is -0.211 e. The van der Waals surface area contributed by atoms with Gasteiger partial charge >= 0.3 is 0 Å². The van der Waals surface area contributed by atoms with Crippen LogP contribution in [0.4, 0.5) is 0 Å². The molecule has 3 nitrogen and oxygen atoms in total. The summed E-state index contributed by atoms with van der Waals surface area (Å²) in [5.74, 6) is 0.707. The molecule has 1 aromatic rings. The normalized spacial score (nSPS) is 16.9. The van der Waals surface area contributed by atoms with E-state index >= 15 is 0 Å². The topological polar surface area (TPSA) is 46.2 Å². The van der Waals surface area contributed by atoms with E-state index in [1.165, 1.54) is 25.7 Å². The molecular formula is C14H20BrNO2S. The number of benzene rings is 1. The van der Waals surface area contributed by atoms with Crippen LogP contribution in [0.2, 0.25) is 0 Å². The molecule has 0 heterocycles. The SMILES string of the molecule is O=S(=O)(NCCC1CCCC1)c1ccc(CBr)cc1. The Bertz CT molecular complexity index is 493. The lowest BCUT2D eigenvalue weighted by Crippen LogP contribution is -2.25. The summed E-state index contributed by atoms with van der Waals surface area (Å²) in [5.41, 5.74) is 1.07. The van der Waals surface area contributed by atoms with Crippen molar-refractivity contribution in [3.8, 4) is 0 Å². The molecular weight excluding hydrogens is 326 g/mol. The highest BCUT2D eigenvalue weighted by molar-refractivity contribution is 9.08. The second-order valence-electron chi connectivity index (χ2n) is 5.11. The average Bonchev–Trinajstić information content (AvgIpc) is 2.92. The van der Waals surface area contributed by atoms with Crippen molar-refractivity contribution < 1.29 is 8.42 Å². The van der Waals surface area contributed by atoms with Crippen LogP contribution in [-0.2, 0) is 15.4 Å². The fraction of sp³-hybridized carbons (Fsp3) is 0.571. The number of alkyl halides is 1. The highest BCUT2D eigenvalue weighted by Crippen LogP contribution is 2.27. The highest BCUT2D eigenvalue weighted by atomic mass is 79.9. The third-order valence-electron chi connectivity index (χ3n) is 3.71. The highest BCUT2D eigenvalue weighted by Gasteiger charge is 2.17. The Morgan fingerprint density at radius 2 is 1.79 bits per heavy atom. The van der Waals surface area contributed by atoms with E-state index in [1.807, 2.05) is 12.1 Å². The predicted octanol–water partition coefficient (Wildman–Crippen LogP) is 3.44. The summed E-state index contributed by atoms with van der Waals surface area (Å²) in [7, 11) is -3.34. The van der Waals surface area contributed by atoms with E-state index in [1.54, 1.807) is 12.1 Å². The van der Waals surface area contributed by atoms with Crippen molar-refractivity contribution in [2.45, 2.75) is 42.3 Å². The molecule has 1 N–H and O–H groups in total. The van der Waals surface area contributed by atoms with Crippen LogP contribution in [0.5, 0.6) is 0 Å². The van der Waals surface area contributed by atoms with E-state index in [0.717, 1.165) is 17.3 Å². The molecule has 106 valence electrons. The summed E-state index contributed by atoms with van der Waals surface area (Å²) >= 11 is 3.35. The van der Waals surface area contributed by atoms with Gasteiger partial charge in [-0.1, -0.05) is 53.7 Å². The molecule has 1 saturated carbocycles. The van der Waals surface area contributed by atoms with Crippen molar-refractivity contribution in [1.82, 2.24) is 4.72 Å². The Balaban J connectivity index is 1.89. The fourth-order valence-electron chi connectivity index (χ4n) is 2.54.